The molecule has 0 radical (unpaired) electrons. The summed E-state index contributed by atoms with van der Waals surface area (Å²) >= 11 is 0. The van der Waals surface area contributed by atoms with Crippen LogP contribution in [-0.2, 0) is 12.8 Å². The van der Waals surface area contributed by atoms with Crippen LogP contribution in [0.3, 0.4) is 0 Å². The first-order valence-corrected chi connectivity index (χ1v) is 7.26. The van der Waals surface area contributed by atoms with Gasteiger partial charge >= 0.3 is 0 Å². The molecule has 0 saturated heterocycles. The average Bonchev–Trinajstić information content (AvgIpc) is 3.14. The van der Waals surface area contributed by atoms with Crippen molar-refractivity contribution in [3.63, 3.8) is 0 Å². The van der Waals surface area contributed by atoms with E-state index in [0.29, 0.717) is 12.1 Å². The molecule has 3 heteroatoms. The van der Waals surface area contributed by atoms with E-state index in [2.05, 4.69) is 45.3 Å². The molecule has 0 amide bonds. The molecule has 1 saturated carbocycles. The van der Waals surface area contributed by atoms with Crippen LogP contribution in [0.5, 0.6) is 0 Å². The Labute approximate surface area is 113 Å². The second kappa shape index (κ2) is 4.41. The molecule has 1 aromatic heterocycles. The minimum Gasteiger partial charge on any atom is -0.353 e. The first kappa shape index (κ1) is 11.1. The summed E-state index contributed by atoms with van der Waals surface area (Å²) in [6.45, 7) is 0. The molecule has 2 aromatic rings. The number of aryl methyl sites for hydroxylation is 1. The lowest BCUT2D eigenvalue weighted by Crippen LogP contribution is -2.20. The fraction of sp³-hybridized carbons (Fsp3) is 0.438. The summed E-state index contributed by atoms with van der Waals surface area (Å²) in [6.07, 6.45) is 10.2. The van der Waals surface area contributed by atoms with Gasteiger partial charge < -0.3 is 9.88 Å². The van der Waals surface area contributed by atoms with Gasteiger partial charge in [0.2, 0.25) is 5.95 Å². The van der Waals surface area contributed by atoms with Crippen LogP contribution in [0.2, 0.25) is 0 Å². The van der Waals surface area contributed by atoms with Gasteiger partial charge in [-0.05, 0) is 43.2 Å². The maximum absolute atomic E-state index is 4.48. The number of imidazole rings is 1. The van der Waals surface area contributed by atoms with E-state index in [1.807, 2.05) is 6.20 Å². The van der Waals surface area contributed by atoms with Crippen molar-refractivity contribution in [2.75, 3.05) is 5.32 Å². The van der Waals surface area contributed by atoms with Crippen molar-refractivity contribution >= 4 is 5.95 Å². The Kier molecular flexibility index (Phi) is 2.57. The molecule has 2 aliphatic rings. The summed E-state index contributed by atoms with van der Waals surface area (Å²) in [6, 6.07) is 10.1. The minimum absolute atomic E-state index is 0.554. The number of rotatable bonds is 3. The highest BCUT2D eigenvalue weighted by Gasteiger charge is 2.25. The van der Waals surface area contributed by atoms with Crippen LogP contribution in [0, 0.1) is 0 Å². The summed E-state index contributed by atoms with van der Waals surface area (Å²) in [4.78, 5) is 4.48. The van der Waals surface area contributed by atoms with Crippen molar-refractivity contribution in [2.45, 2.75) is 44.2 Å². The van der Waals surface area contributed by atoms with E-state index in [0.717, 1.165) is 12.4 Å². The molecule has 0 aliphatic heterocycles. The molecular formula is C16H19N3. The molecule has 1 atom stereocenters. The number of fused-ring (bicyclic) bond motifs is 1. The average molecular weight is 253 g/mol. The Morgan fingerprint density at radius 1 is 1.11 bits per heavy atom. The first-order chi connectivity index (χ1) is 9.40. The molecule has 2 aliphatic carbocycles. The van der Waals surface area contributed by atoms with Crippen molar-refractivity contribution < 1.29 is 0 Å². The minimum atomic E-state index is 0.554. The van der Waals surface area contributed by atoms with Gasteiger partial charge in [0.15, 0.2) is 0 Å². The zero-order chi connectivity index (χ0) is 12.7. The third-order valence-electron chi connectivity index (χ3n) is 4.29. The largest absolute Gasteiger partial charge is 0.353 e. The van der Waals surface area contributed by atoms with Gasteiger partial charge in [0, 0.05) is 24.5 Å². The number of hydrogen-bond acceptors (Lipinski definition) is 2. The molecule has 98 valence electrons. The number of nitrogens with zero attached hydrogens (tertiary/aromatic N) is 2. The topological polar surface area (TPSA) is 29.9 Å². The van der Waals surface area contributed by atoms with Gasteiger partial charge in [0.25, 0.3) is 0 Å². The van der Waals surface area contributed by atoms with Gasteiger partial charge in [-0.25, -0.2) is 4.98 Å². The highest BCUT2D eigenvalue weighted by Crippen LogP contribution is 2.32. The van der Waals surface area contributed by atoms with Gasteiger partial charge in [0.1, 0.15) is 0 Å². The number of aromatic nitrogens is 2. The van der Waals surface area contributed by atoms with E-state index in [4.69, 9.17) is 0 Å². The highest BCUT2D eigenvalue weighted by molar-refractivity contribution is 5.34. The molecular weight excluding hydrogens is 234 g/mol. The number of benzene rings is 1. The van der Waals surface area contributed by atoms with Crippen LogP contribution in [0.1, 0.15) is 36.4 Å². The summed E-state index contributed by atoms with van der Waals surface area (Å²) in [5.74, 6) is 1.06. The van der Waals surface area contributed by atoms with E-state index in [-0.39, 0.29) is 0 Å². The van der Waals surface area contributed by atoms with E-state index in [1.54, 1.807) is 0 Å². The number of hydrogen-bond donors (Lipinski definition) is 1. The number of nitrogens with one attached hydrogen (secondary N) is 1. The fourth-order valence-electron chi connectivity index (χ4n) is 3.05. The lowest BCUT2D eigenvalue weighted by molar-refractivity contribution is 0.446. The van der Waals surface area contributed by atoms with Crippen LogP contribution in [0.25, 0.3) is 0 Å². The molecule has 1 unspecified atom stereocenters. The second-order valence-electron chi connectivity index (χ2n) is 5.74. The maximum atomic E-state index is 4.48. The summed E-state index contributed by atoms with van der Waals surface area (Å²) < 4.78 is 2.34. The molecule has 0 spiro atoms. The van der Waals surface area contributed by atoms with Crippen LogP contribution in [0.15, 0.2) is 36.7 Å². The van der Waals surface area contributed by atoms with Gasteiger partial charge in [-0.15, -0.1) is 0 Å². The molecule has 4 rings (SSSR count). The van der Waals surface area contributed by atoms with E-state index in [1.165, 1.54) is 36.8 Å². The molecule has 0 bridgehead atoms. The second-order valence-corrected chi connectivity index (χ2v) is 5.74. The Hall–Kier alpha value is -1.77. The van der Waals surface area contributed by atoms with Crippen LogP contribution in [-0.4, -0.2) is 15.6 Å². The van der Waals surface area contributed by atoms with Crippen LogP contribution < -0.4 is 5.32 Å². The van der Waals surface area contributed by atoms with Crippen LogP contribution >= 0.6 is 0 Å². The lowest BCUT2D eigenvalue weighted by atomic mass is 9.88. The zero-order valence-electron chi connectivity index (χ0n) is 11.0. The van der Waals surface area contributed by atoms with Crippen molar-refractivity contribution in [2.24, 2.45) is 0 Å². The molecule has 1 aromatic carbocycles. The van der Waals surface area contributed by atoms with Gasteiger partial charge in [-0.2, -0.15) is 0 Å². The van der Waals surface area contributed by atoms with Gasteiger partial charge in [0.05, 0.1) is 0 Å². The van der Waals surface area contributed by atoms with E-state index in [9.17, 15) is 0 Å². The van der Waals surface area contributed by atoms with Crippen molar-refractivity contribution in [1.29, 1.82) is 0 Å². The predicted molar refractivity (Wildman–Crippen MR) is 76.4 cm³/mol. The smallest absolute Gasteiger partial charge is 0.203 e. The summed E-state index contributed by atoms with van der Waals surface area (Å²) in [5.41, 5.74) is 3.03. The molecule has 1 N–H and O–H groups in total. The molecule has 1 fully saturated rings. The van der Waals surface area contributed by atoms with E-state index < -0.39 is 0 Å². The normalized spacial score (nSPS) is 22.0. The first-order valence-electron chi connectivity index (χ1n) is 7.26. The third kappa shape index (κ3) is 2.14. The Morgan fingerprint density at radius 2 is 1.95 bits per heavy atom. The Balaban J connectivity index is 1.58. The van der Waals surface area contributed by atoms with Crippen molar-refractivity contribution in [3.8, 4) is 0 Å². The SMILES string of the molecule is c1ccc2c(c1)CCC(n1ccnc1NC1CC1)C2. The molecule has 3 nitrogen and oxygen atoms in total. The van der Waals surface area contributed by atoms with Gasteiger partial charge in [-0.3, -0.25) is 0 Å². The lowest BCUT2D eigenvalue weighted by Gasteiger charge is -2.27. The molecule has 19 heavy (non-hydrogen) atoms. The quantitative estimate of drug-likeness (QED) is 0.910. The summed E-state index contributed by atoms with van der Waals surface area (Å²) in [7, 11) is 0. The monoisotopic (exact) mass is 253 g/mol. The Morgan fingerprint density at radius 3 is 2.79 bits per heavy atom. The fourth-order valence-corrected chi connectivity index (χ4v) is 3.05. The summed E-state index contributed by atoms with van der Waals surface area (Å²) in [5, 5.41) is 3.54. The third-order valence-corrected chi connectivity index (χ3v) is 4.29. The molecule has 1 heterocycles. The standard InChI is InChI=1S/C16H19N3/c1-2-4-13-11-15(8-5-12(13)3-1)19-10-9-17-16(19)18-14-6-7-14/h1-4,9-10,14-15H,5-8,11H2,(H,17,18). The zero-order valence-corrected chi connectivity index (χ0v) is 11.0. The number of anilines is 1. The van der Waals surface area contributed by atoms with Crippen LogP contribution in [0.4, 0.5) is 5.95 Å². The highest BCUT2D eigenvalue weighted by atomic mass is 15.2. The predicted octanol–water partition coefficient (Wildman–Crippen LogP) is 3.19. The maximum Gasteiger partial charge on any atom is 0.203 e. The van der Waals surface area contributed by atoms with Crippen molar-refractivity contribution in [1.82, 2.24) is 9.55 Å². The van der Waals surface area contributed by atoms with E-state index >= 15 is 0 Å². The Bertz CT molecular complexity index is 583. The van der Waals surface area contributed by atoms with Gasteiger partial charge in [-0.1, -0.05) is 24.3 Å². The van der Waals surface area contributed by atoms with Crippen molar-refractivity contribution in [3.05, 3.63) is 47.8 Å².